The molecule has 0 unspecified atom stereocenters. The number of nitrogens with one attached hydrogen (secondary N) is 1. The molecule has 1 atom stereocenters. The molecule has 32 heavy (non-hydrogen) atoms. The summed E-state index contributed by atoms with van der Waals surface area (Å²) in [6.07, 6.45) is 1.15. The van der Waals surface area contributed by atoms with E-state index in [9.17, 15) is 9.59 Å². The van der Waals surface area contributed by atoms with E-state index >= 15 is 0 Å². The van der Waals surface area contributed by atoms with E-state index in [4.69, 9.17) is 4.74 Å². The lowest BCUT2D eigenvalue weighted by Gasteiger charge is -2.24. The Morgan fingerprint density at radius 2 is 1.75 bits per heavy atom. The Morgan fingerprint density at radius 3 is 2.44 bits per heavy atom. The molecule has 1 heterocycles. The third-order valence-corrected chi connectivity index (χ3v) is 6.47. The van der Waals surface area contributed by atoms with Crippen molar-refractivity contribution in [1.29, 1.82) is 0 Å². The Labute approximate surface area is 192 Å². The topological polar surface area (TPSA) is 58.6 Å². The number of hydrogen-bond donors (Lipinski definition) is 1. The highest BCUT2D eigenvalue weighted by Crippen LogP contribution is 2.42. The first kappa shape index (κ1) is 22.0. The van der Waals surface area contributed by atoms with Crippen molar-refractivity contribution < 1.29 is 14.3 Å². The summed E-state index contributed by atoms with van der Waals surface area (Å²) in [6, 6.07) is 25.4. The van der Waals surface area contributed by atoms with Gasteiger partial charge in [-0.15, -0.1) is 11.8 Å². The molecule has 2 amide bonds. The number of amides is 2. The molecule has 0 radical (unpaired) electrons. The van der Waals surface area contributed by atoms with Crippen molar-refractivity contribution in [3.63, 3.8) is 0 Å². The van der Waals surface area contributed by atoms with Crippen LogP contribution in [-0.2, 0) is 16.0 Å². The highest BCUT2D eigenvalue weighted by atomic mass is 32.2. The fraction of sp³-hybridized carbons (Fsp3) is 0.231. The van der Waals surface area contributed by atoms with Gasteiger partial charge in [-0.2, -0.15) is 0 Å². The number of carbonyl (C=O) groups is 2. The van der Waals surface area contributed by atoms with Crippen molar-refractivity contribution in [3.8, 4) is 5.75 Å². The molecule has 0 saturated carbocycles. The molecule has 0 aliphatic carbocycles. The van der Waals surface area contributed by atoms with E-state index in [1.54, 1.807) is 11.8 Å². The van der Waals surface area contributed by atoms with Crippen LogP contribution in [-0.4, -0.2) is 24.2 Å². The lowest BCUT2D eigenvalue weighted by atomic mass is 10.1. The summed E-state index contributed by atoms with van der Waals surface area (Å²) >= 11 is 1.60. The number of carbonyl (C=O) groups excluding carboxylic acids is 2. The Kier molecular flexibility index (Phi) is 7.12. The minimum atomic E-state index is -0.0942. The van der Waals surface area contributed by atoms with Gasteiger partial charge in [0.25, 0.3) is 0 Å². The highest BCUT2D eigenvalue weighted by Gasteiger charge is 2.34. The third kappa shape index (κ3) is 5.32. The molecule has 0 bridgehead atoms. The van der Waals surface area contributed by atoms with E-state index in [1.807, 2.05) is 90.7 Å². The van der Waals surface area contributed by atoms with Crippen molar-refractivity contribution in [2.24, 2.45) is 0 Å². The zero-order chi connectivity index (χ0) is 22.3. The van der Waals surface area contributed by atoms with Gasteiger partial charge < -0.3 is 10.1 Å². The largest absolute Gasteiger partial charge is 0.494 e. The summed E-state index contributed by atoms with van der Waals surface area (Å²) in [6.45, 7) is 2.55. The van der Waals surface area contributed by atoms with Gasteiger partial charge in [-0.3, -0.25) is 14.5 Å². The first-order chi connectivity index (χ1) is 15.6. The maximum atomic E-state index is 12.6. The molecule has 1 fully saturated rings. The molecule has 3 aromatic rings. The summed E-state index contributed by atoms with van der Waals surface area (Å²) in [4.78, 5) is 26.7. The fourth-order valence-electron chi connectivity index (χ4n) is 3.68. The maximum absolute atomic E-state index is 12.6. The minimum Gasteiger partial charge on any atom is -0.494 e. The number of hydrogen-bond acceptors (Lipinski definition) is 4. The van der Waals surface area contributed by atoms with Crippen molar-refractivity contribution in [2.45, 2.75) is 25.1 Å². The van der Waals surface area contributed by atoms with Crippen LogP contribution in [0.25, 0.3) is 0 Å². The molecule has 1 aliphatic heterocycles. The summed E-state index contributed by atoms with van der Waals surface area (Å²) < 4.78 is 5.51. The molecular formula is C26H26N2O3S. The van der Waals surface area contributed by atoms with Crippen LogP contribution in [0.5, 0.6) is 5.75 Å². The molecule has 5 nitrogen and oxygen atoms in total. The van der Waals surface area contributed by atoms with E-state index in [0.717, 1.165) is 28.3 Å². The van der Waals surface area contributed by atoms with Gasteiger partial charge >= 0.3 is 0 Å². The summed E-state index contributed by atoms with van der Waals surface area (Å²) in [5.74, 6) is 1.31. The van der Waals surface area contributed by atoms with E-state index in [2.05, 4.69) is 5.32 Å². The number of nitrogens with zero attached hydrogens (tertiary/aromatic N) is 1. The zero-order valence-corrected chi connectivity index (χ0v) is 18.8. The van der Waals surface area contributed by atoms with Crippen molar-refractivity contribution >= 4 is 35.0 Å². The summed E-state index contributed by atoms with van der Waals surface area (Å²) in [5, 5.41) is 2.87. The number of ether oxygens (including phenoxy) is 1. The van der Waals surface area contributed by atoms with Gasteiger partial charge in [0.2, 0.25) is 11.8 Å². The van der Waals surface area contributed by atoms with Crippen LogP contribution in [0.2, 0.25) is 0 Å². The minimum absolute atomic E-state index is 0.0111. The van der Waals surface area contributed by atoms with E-state index < -0.39 is 0 Å². The lowest BCUT2D eigenvalue weighted by molar-refractivity contribution is -0.116. The van der Waals surface area contributed by atoms with Crippen LogP contribution in [0.4, 0.5) is 11.4 Å². The highest BCUT2D eigenvalue weighted by molar-refractivity contribution is 8.00. The molecule has 164 valence electrons. The number of benzene rings is 3. The summed E-state index contributed by atoms with van der Waals surface area (Å²) in [7, 11) is 0. The standard InChI is InChI=1S/C26H26N2O3S/c1-2-31-23-15-13-22(14-16-23)28-25(30)18-32-26(28)20-9-11-21(12-10-20)27-24(29)17-8-19-6-4-3-5-7-19/h3-7,9-16,26H,2,8,17-18H2,1H3,(H,27,29)/t26-/m1/s1. The van der Waals surface area contributed by atoms with E-state index in [-0.39, 0.29) is 17.2 Å². The van der Waals surface area contributed by atoms with Crippen LogP contribution in [0.3, 0.4) is 0 Å². The Balaban J connectivity index is 1.40. The van der Waals surface area contributed by atoms with Gasteiger partial charge in [0, 0.05) is 17.8 Å². The van der Waals surface area contributed by atoms with Gasteiger partial charge in [0.15, 0.2) is 0 Å². The quantitative estimate of drug-likeness (QED) is 0.501. The van der Waals surface area contributed by atoms with Crippen LogP contribution in [0.15, 0.2) is 78.9 Å². The molecule has 1 N–H and O–H groups in total. The Hall–Kier alpha value is -3.25. The number of anilines is 2. The van der Waals surface area contributed by atoms with Crippen molar-refractivity contribution in [3.05, 3.63) is 90.0 Å². The van der Waals surface area contributed by atoms with Crippen molar-refractivity contribution in [2.75, 3.05) is 22.6 Å². The maximum Gasteiger partial charge on any atom is 0.238 e. The summed E-state index contributed by atoms with van der Waals surface area (Å²) in [5.41, 5.74) is 3.79. The first-order valence-corrected chi connectivity index (χ1v) is 11.8. The van der Waals surface area contributed by atoms with E-state index in [1.165, 1.54) is 0 Å². The van der Waals surface area contributed by atoms with Gasteiger partial charge in [-0.1, -0.05) is 42.5 Å². The van der Waals surface area contributed by atoms with Crippen LogP contribution < -0.4 is 15.0 Å². The Morgan fingerprint density at radius 1 is 1.03 bits per heavy atom. The number of rotatable bonds is 8. The molecule has 6 heteroatoms. The molecule has 1 saturated heterocycles. The molecule has 0 aromatic heterocycles. The monoisotopic (exact) mass is 446 g/mol. The van der Waals surface area contributed by atoms with Crippen LogP contribution >= 0.6 is 11.8 Å². The van der Waals surface area contributed by atoms with Gasteiger partial charge in [-0.25, -0.2) is 0 Å². The van der Waals surface area contributed by atoms with Gasteiger partial charge in [-0.05, 0) is 60.9 Å². The molecular weight excluding hydrogens is 420 g/mol. The zero-order valence-electron chi connectivity index (χ0n) is 18.0. The average molecular weight is 447 g/mol. The van der Waals surface area contributed by atoms with E-state index in [0.29, 0.717) is 25.2 Å². The van der Waals surface area contributed by atoms with Crippen LogP contribution in [0, 0.1) is 0 Å². The van der Waals surface area contributed by atoms with Crippen LogP contribution in [0.1, 0.15) is 29.8 Å². The lowest BCUT2D eigenvalue weighted by Crippen LogP contribution is -2.27. The molecule has 0 spiro atoms. The average Bonchev–Trinajstić information content (AvgIpc) is 3.21. The van der Waals surface area contributed by atoms with Gasteiger partial charge in [0.1, 0.15) is 11.1 Å². The normalized spacial score (nSPS) is 15.6. The number of aryl methyl sites for hydroxylation is 1. The smallest absolute Gasteiger partial charge is 0.238 e. The SMILES string of the molecule is CCOc1ccc(N2C(=O)CS[C@@H]2c2ccc(NC(=O)CCc3ccccc3)cc2)cc1. The second kappa shape index (κ2) is 10.4. The number of thioether (sulfide) groups is 1. The predicted molar refractivity (Wildman–Crippen MR) is 130 cm³/mol. The Bertz CT molecular complexity index is 1050. The second-order valence-electron chi connectivity index (χ2n) is 7.51. The first-order valence-electron chi connectivity index (χ1n) is 10.7. The van der Waals surface area contributed by atoms with Crippen molar-refractivity contribution in [1.82, 2.24) is 0 Å². The third-order valence-electron chi connectivity index (χ3n) is 5.26. The molecule has 3 aromatic carbocycles. The fourth-order valence-corrected chi connectivity index (χ4v) is 4.85. The molecule has 4 rings (SSSR count). The second-order valence-corrected chi connectivity index (χ2v) is 8.58. The van der Waals surface area contributed by atoms with Gasteiger partial charge in [0.05, 0.1) is 12.4 Å². The molecule has 1 aliphatic rings. The predicted octanol–water partition coefficient (Wildman–Crippen LogP) is 5.44.